The van der Waals surface area contributed by atoms with Gasteiger partial charge in [0, 0.05) is 44.7 Å². The molecule has 2 rings (SSSR count). The smallest absolute Gasteiger partial charge is 0.191 e. The number of hydrogen-bond acceptors (Lipinski definition) is 5. The molecular formula is C21H35IN4O3. The van der Waals surface area contributed by atoms with Crippen LogP contribution in [0.1, 0.15) is 63.2 Å². The lowest BCUT2D eigenvalue weighted by atomic mass is 9.99. The second-order valence-electron chi connectivity index (χ2n) is 6.63. The minimum absolute atomic E-state index is 0. The summed E-state index contributed by atoms with van der Waals surface area (Å²) in [5.74, 6) is 2.93. The highest BCUT2D eigenvalue weighted by atomic mass is 127. The molecule has 164 valence electrons. The minimum Gasteiger partial charge on any atom is -0.469 e. The number of aromatic nitrogens is 1. The Kier molecular flexibility index (Phi) is 13.5. The highest BCUT2D eigenvalue weighted by Gasteiger charge is 2.12. The first-order chi connectivity index (χ1) is 13.8. The van der Waals surface area contributed by atoms with E-state index in [0.717, 1.165) is 75.2 Å². The van der Waals surface area contributed by atoms with Crippen molar-refractivity contribution in [1.82, 2.24) is 15.8 Å². The highest BCUT2D eigenvalue weighted by molar-refractivity contribution is 14.0. The number of hydrogen-bond donors (Lipinski definition) is 2. The Morgan fingerprint density at radius 2 is 1.97 bits per heavy atom. The number of ether oxygens (including phenoxy) is 1. The summed E-state index contributed by atoms with van der Waals surface area (Å²) in [7, 11) is 0. The lowest BCUT2D eigenvalue weighted by Gasteiger charge is -2.12. The molecule has 8 heteroatoms. The normalized spacial score (nSPS) is 11.5. The molecule has 2 N–H and O–H groups in total. The van der Waals surface area contributed by atoms with Gasteiger partial charge in [-0.1, -0.05) is 19.0 Å². The molecule has 0 spiro atoms. The fourth-order valence-corrected chi connectivity index (χ4v) is 2.92. The minimum atomic E-state index is 0. The molecule has 29 heavy (non-hydrogen) atoms. The summed E-state index contributed by atoms with van der Waals surface area (Å²) < 4.78 is 16.2. The quantitative estimate of drug-likeness (QED) is 0.176. The van der Waals surface area contributed by atoms with Crippen molar-refractivity contribution < 1.29 is 13.7 Å². The van der Waals surface area contributed by atoms with E-state index in [4.69, 9.17) is 13.7 Å². The van der Waals surface area contributed by atoms with Crippen molar-refractivity contribution in [2.24, 2.45) is 4.99 Å². The Balaban J connectivity index is 0.00000420. The van der Waals surface area contributed by atoms with Crippen molar-refractivity contribution in [2.45, 2.75) is 58.9 Å². The molecule has 7 nitrogen and oxygen atoms in total. The molecule has 0 saturated carbocycles. The zero-order valence-electron chi connectivity index (χ0n) is 17.8. The van der Waals surface area contributed by atoms with Gasteiger partial charge in [-0.15, -0.1) is 24.0 Å². The Hall–Kier alpha value is -1.55. The van der Waals surface area contributed by atoms with Gasteiger partial charge in [-0.25, -0.2) is 4.99 Å². The summed E-state index contributed by atoms with van der Waals surface area (Å²) >= 11 is 0. The molecule has 0 aromatic carbocycles. The maximum atomic E-state index is 5.47. The van der Waals surface area contributed by atoms with Crippen molar-refractivity contribution in [3.05, 3.63) is 41.7 Å². The summed E-state index contributed by atoms with van der Waals surface area (Å²) in [5.41, 5.74) is 1.02. The third-order valence-electron chi connectivity index (χ3n) is 4.58. The van der Waals surface area contributed by atoms with E-state index in [2.05, 4.69) is 34.6 Å². The SMILES string of the molecule is CCOCCCNC(=NCc1cc(C(CC)CC)no1)NCCc1ccco1.I. The molecule has 0 saturated heterocycles. The van der Waals surface area contributed by atoms with Crippen molar-refractivity contribution in [2.75, 3.05) is 26.3 Å². The number of guanidine groups is 1. The number of rotatable bonds is 13. The zero-order chi connectivity index (χ0) is 20.0. The molecule has 2 heterocycles. The van der Waals surface area contributed by atoms with Gasteiger partial charge in [0.15, 0.2) is 11.7 Å². The molecule has 0 aliphatic carbocycles. The predicted octanol–water partition coefficient (Wildman–Crippen LogP) is 4.49. The third kappa shape index (κ3) is 9.66. The van der Waals surface area contributed by atoms with E-state index >= 15 is 0 Å². The van der Waals surface area contributed by atoms with Crippen LogP contribution in [-0.2, 0) is 17.7 Å². The number of halogens is 1. The topological polar surface area (TPSA) is 84.8 Å². The molecule has 2 aromatic rings. The van der Waals surface area contributed by atoms with Crippen LogP contribution >= 0.6 is 24.0 Å². The van der Waals surface area contributed by atoms with Crippen LogP contribution in [0.5, 0.6) is 0 Å². The fourth-order valence-electron chi connectivity index (χ4n) is 2.92. The van der Waals surface area contributed by atoms with Crippen LogP contribution in [0.3, 0.4) is 0 Å². The van der Waals surface area contributed by atoms with E-state index < -0.39 is 0 Å². The van der Waals surface area contributed by atoms with E-state index in [0.29, 0.717) is 12.5 Å². The summed E-state index contributed by atoms with van der Waals surface area (Å²) in [6.45, 7) is 9.82. The first kappa shape index (κ1) is 25.5. The summed E-state index contributed by atoms with van der Waals surface area (Å²) in [5, 5.41) is 10.9. The molecular weight excluding hydrogens is 483 g/mol. The van der Waals surface area contributed by atoms with E-state index in [1.54, 1.807) is 6.26 Å². The first-order valence-electron chi connectivity index (χ1n) is 10.3. The Morgan fingerprint density at radius 3 is 2.66 bits per heavy atom. The largest absolute Gasteiger partial charge is 0.469 e. The Labute approximate surface area is 191 Å². The monoisotopic (exact) mass is 518 g/mol. The summed E-state index contributed by atoms with van der Waals surface area (Å²) in [4.78, 5) is 4.64. The molecule has 0 amide bonds. The van der Waals surface area contributed by atoms with Gasteiger partial charge in [-0.3, -0.25) is 0 Å². The molecule has 0 radical (unpaired) electrons. The van der Waals surface area contributed by atoms with E-state index in [1.165, 1.54) is 0 Å². The zero-order valence-corrected chi connectivity index (χ0v) is 20.1. The average Bonchev–Trinajstić information content (AvgIpc) is 3.39. The molecule has 0 aliphatic rings. The molecule has 0 unspecified atom stereocenters. The number of nitrogens with one attached hydrogen (secondary N) is 2. The van der Waals surface area contributed by atoms with Gasteiger partial charge in [-0.2, -0.15) is 0 Å². The van der Waals surface area contributed by atoms with Gasteiger partial charge in [0.1, 0.15) is 12.3 Å². The predicted molar refractivity (Wildman–Crippen MR) is 126 cm³/mol. The number of nitrogens with zero attached hydrogens (tertiary/aromatic N) is 2. The van der Waals surface area contributed by atoms with Gasteiger partial charge >= 0.3 is 0 Å². The number of furan rings is 1. The molecule has 2 aromatic heterocycles. The summed E-state index contributed by atoms with van der Waals surface area (Å²) in [6, 6.07) is 5.90. The van der Waals surface area contributed by atoms with Crippen LogP contribution in [0.15, 0.2) is 38.4 Å². The van der Waals surface area contributed by atoms with Crippen LogP contribution in [0.2, 0.25) is 0 Å². The third-order valence-corrected chi connectivity index (χ3v) is 4.58. The molecule has 0 atom stereocenters. The Bertz CT molecular complexity index is 669. The van der Waals surface area contributed by atoms with E-state index in [-0.39, 0.29) is 24.0 Å². The molecule has 0 aliphatic heterocycles. The second-order valence-corrected chi connectivity index (χ2v) is 6.63. The van der Waals surface area contributed by atoms with Crippen LogP contribution in [0.25, 0.3) is 0 Å². The van der Waals surface area contributed by atoms with E-state index in [9.17, 15) is 0 Å². The van der Waals surface area contributed by atoms with Crippen LogP contribution in [0.4, 0.5) is 0 Å². The lowest BCUT2D eigenvalue weighted by Crippen LogP contribution is -2.39. The first-order valence-corrected chi connectivity index (χ1v) is 10.3. The fraction of sp³-hybridized carbons (Fsp3) is 0.619. The molecule has 0 bridgehead atoms. The average molecular weight is 518 g/mol. The van der Waals surface area contributed by atoms with Gasteiger partial charge in [0.25, 0.3) is 0 Å². The van der Waals surface area contributed by atoms with Gasteiger partial charge < -0.3 is 24.3 Å². The maximum Gasteiger partial charge on any atom is 0.191 e. The van der Waals surface area contributed by atoms with E-state index in [1.807, 2.05) is 25.1 Å². The highest BCUT2D eigenvalue weighted by Crippen LogP contribution is 2.22. The number of aliphatic imine (C=N–C) groups is 1. The van der Waals surface area contributed by atoms with Gasteiger partial charge in [0.05, 0.1) is 12.0 Å². The van der Waals surface area contributed by atoms with Gasteiger partial charge in [-0.05, 0) is 38.3 Å². The van der Waals surface area contributed by atoms with Gasteiger partial charge in [0.2, 0.25) is 0 Å². The van der Waals surface area contributed by atoms with Crippen molar-refractivity contribution in [3.8, 4) is 0 Å². The van der Waals surface area contributed by atoms with Crippen molar-refractivity contribution in [1.29, 1.82) is 0 Å². The van der Waals surface area contributed by atoms with Crippen molar-refractivity contribution >= 4 is 29.9 Å². The molecule has 0 fully saturated rings. The van der Waals surface area contributed by atoms with Crippen LogP contribution in [-0.4, -0.2) is 37.4 Å². The van der Waals surface area contributed by atoms with Crippen LogP contribution in [0, 0.1) is 0 Å². The van der Waals surface area contributed by atoms with Crippen LogP contribution < -0.4 is 10.6 Å². The van der Waals surface area contributed by atoms with Crippen molar-refractivity contribution in [3.63, 3.8) is 0 Å². The standard InChI is InChI=1S/C21H34N4O3.HI/c1-4-17(5-2)20-15-19(28-25-20)16-24-21(22-11-8-13-26-6-3)23-12-10-18-9-7-14-27-18;/h7,9,14-15,17H,4-6,8,10-13,16H2,1-3H3,(H2,22,23,24);1H. The maximum absolute atomic E-state index is 5.47. The lowest BCUT2D eigenvalue weighted by molar-refractivity contribution is 0.145. The Morgan fingerprint density at radius 1 is 1.17 bits per heavy atom. The second kappa shape index (κ2) is 15.3. The summed E-state index contributed by atoms with van der Waals surface area (Å²) in [6.07, 6.45) is 5.54.